The molecular weight excluding hydrogens is 142 g/mol. The zero-order chi connectivity index (χ0) is 8.69. The van der Waals surface area contributed by atoms with Gasteiger partial charge in [0.2, 0.25) is 0 Å². The van der Waals surface area contributed by atoms with Gasteiger partial charge in [0.05, 0.1) is 0 Å². The lowest BCUT2D eigenvalue weighted by Gasteiger charge is -1.89. The molecule has 0 heterocycles. The molecule has 11 heavy (non-hydrogen) atoms. The van der Waals surface area contributed by atoms with Crippen LogP contribution < -0.4 is 0 Å². The van der Waals surface area contributed by atoms with E-state index in [1.165, 1.54) is 31.2 Å². The Kier molecular flexibility index (Phi) is 4.94. The lowest BCUT2D eigenvalue weighted by atomic mass is 10.3. The van der Waals surface area contributed by atoms with Crippen molar-refractivity contribution in [2.75, 3.05) is 0 Å². The van der Waals surface area contributed by atoms with E-state index in [4.69, 9.17) is 10.5 Å². The van der Waals surface area contributed by atoms with Crippen LogP contribution in [0.3, 0.4) is 0 Å². The molecule has 0 spiro atoms. The third kappa shape index (κ3) is 6.67. The van der Waals surface area contributed by atoms with Crippen molar-refractivity contribution in [2.45, 2.75) is 13.0 Å². The molecule has 0 fully saturated rings. The molecule has 3 heteroatoms. The van der Waals surface area contributed by atoms with Gasteiger partial charge in [-0.1, -0.05) is 18.2 Å². The minimum atomic E-state index is -0.855. The quantitative estimate of drug-likeness (QED) is 0.355. The molecule has 3 nitrogen and oxygen atoms in total. The molecule has 0 bridgehead atoms. The third-order valence-electron chi connectivity index (χ3n) is 0.921. The molecule has 0 aromatic heterocycles. The van der Waals surface area contributed by atoms with Gasteiger partial charge in [-0.05, 0) is 13.0 Å². The maximum absolute atomic E-state index is 10.3. The zero-order valence-corrected chi connectivity index (χ0v) is 6.32. The van der Waals surface area contributed by atoms with Crippen LogP contribution in [0.5, 0.6) is 0 Å². The van der Waals surface area contributed by atoms with Crippen molar-refractivity contribution in [3.05, 3.63) is 24.3 Å². The lowest BCUT2D eigenvalue weighted by molar-refractivity contribution is -0.112. The number of allylic oxidation sites excluding steroid dienone is 3. The van der Waals surface area contributed by atoms with Crippen molar-refractivity contribution >= 4 is 12.0 Å². The van der Waals surface area contributed by atoms with Crippen molar-refractivity contribution in [2.24, 2.45) is 0 Å². The Balaban J connectivity index is 3.76. The topological polar surface area (TPSA) is 61.1 Å². The molecule has 0 amide bonds. The standard InChI is InChI=1S/C8H11NO2/c1-7(10)4-2-3-5-8(11)6-9/h2-6,8-9,11H,1H3/b4-2+,5-3-,9-6?. The maximum atomic E-state index is 10.3. The molecule has 60 valence electrons. The Morgan fingerprint density at radius 2 is 2.18 bits per heavy atom. The highest BCUT2D eigenvalue weighted by Gasteiger charge is 1.86. The van der Waals surface area contributed by atoms with Gasteiger partial charge in [-0.15, -0.1) is 0 Å². The highest BCUT2D eigenvalue weighted by atomic mass is 16.3. The molecule has 0 saturated heterocycles. The van der Waals surface area contributed by atoms with Crippen LogP contribution in [0.25, 0.3) is 0 Å². The van der Waals surface area contributed by atoms with Gasteiger partial charge >= 0.3 is 0 Å². The van der Waals surface area contributed by atoms with E-state index in [2.05, 4.69) is 0 Å². The van der Waals surface area contributed by atoms with E-state index in [-0.39, 0.29) is 5.78 Å². The molecule has 0 radical (unpaired) electrons. The SMILES string of the molecule is CC(=O)/C=C/C=C\C(O)C=N. The van der Waals surface area contributed by atoms with Crippen LogP contribution in [-0.4, -0.2) is 23.2 Å². The molecular formula is C8H11NO2. The average Bonchev–Trinajstić information content (AvgIpc) is 1.97. The highest BCUT2D eigenvalue weighted by molar-refractivity contribution is 5.87. The molecule has 0 rings (SSSR count). The summed E-state index contributed by atoms with van der Waals surface area (Å²) in [6.07, 6.45) is 5.88. The summed E-state index contributed by atoms with van der Waals surface area (Å²) in [5.74, 6) is -0.0426. The van der Waals surface area contributed by atoms with E-state index in [9.17, 15) is 4.79 Å². The summed E-state index contributed by atoms with van der Waals surface area (Å²) in [6.45, 7) is 1.44. The maximum Gasteiger partial charge on any atom is 0.152 e. The molecule has 0 aromatic rings. The van der Waals surface area contributed by atoms with Gasteiger partial charge in [-0.3, -0.25) is 4.79 Å². The van der Waals surface area contributed by atoms with E-state index >= 15 is 0 Å². The summed E-state index contributed by atoms with van der Waals surface area (Å²) < 4.78 is 0. The Morgan fingerprint density at radius 1 is 1.55 bits per heavy atom. The monoisotopic (exact) mass is 153 g/mol. The fourth-order valence-corrected chi connectivity index (χ4v) is 0.425. The van der Waals surface area contributed by atoms with Gasteiger partial charge in [0.1, 0.15) is 6.10 Å². The number of carbonyl (C=O) groups is 1. The van der Waals surface area contributed by atoms with Gasteiger partial charge in [-0.25, -0.2) is 0 Å². The molecule has 0 aliphatic heterocycles. The third-order valence-corrected chi connectivity index (χ3v) is 0.921. The van der Waals surface area contributed by atoms with E-state index < -0.39 is 6.10 Å². The molecule has 0 aliphatic rings. The van der Waals surface area contributed by atoms with E-state index in [1.807, 2.05) is 0 Å². The van der Waals surface area contributed by atoms with Gasteiger partial charge in [0.25, 0.3) is 0 Å². The second-order valence-corrected chi connectivity index (χ2v) is 2.01. The summed E-state index contributed by atoms with van der Waals surface area (Å²) >= 11 is 0. The van der Waals surface area contributed by atoms with Gasteiger partial charge in [-0.2, -0.15) is 0 Å². The van der Waals surface area contributed by atoms with Crippen molar-refractivity contribution in [3.8, 4) is 0 Å². The number of rotatable bonds is 4. The van der Waals surface area contributed by atoms with Gasteiger partial charge in [0, 0.05) is 6.21 Å². The van der Waals surface area contributed by atoms with E-state index in [1.54, 1.807) is 0 Å². The fraction of sp³-hybridized carbons (Fsp3) is 0.250. The number of aliphatic hydroxyl groups is 1. The lowest BCUT2D eigenvalue weighted by Crippen LogP contribution is -2.00. The van der Waals surface area contributed by atoms with E-state index in [0.29, 0.717) is 0 Å². The normalized spacial score (nSPS) is 14.0. The average molecular weight is 153 g/mol. The number of nitrogens with one attached hydrogen (secondary N) is 1. The number of hydrogen-bond acceptors (Lipinski definition) is 3. The van der Waals surface area contributed by atoms with Crippen LogP contribution in [-0.2, 0) is 4.79 Å². The smallest absolute Gasteiger partial charge is 0.152 e. The summed E-state index contributed by atoms with van der Waals surface area (Å²) in [5.41, 5.74) is 0. The Labute approximate surface area is 65.6 Å². The summed E-state index contributed by atoms with van der Waals surface area (Å²) in [7, 11) is 0. The first-order valence-electron chi connectivity index (χ1n) is 3.21. The first-order valence-corrected chi connectivity index (χ1v) is 3.21. The number of aliphatic hydroxyl groups excluding tert-OH is 1. The molecule has 1 atom stereocenters. The fourth-order valence-electron chi connectivity index (χ4n) is 0.425. The van der Waals surface area contributed by atoms with Crippen LogP contribution in [0.4, 0.5) is 0 Å². The molecule has 0 aliphatic carbocycles. The summed E-state index contributed by atoms with van der Waals surface area (Å²) in [4.78, 5) is 10.3. The molecule has 0 saturated carbocycles. The summed E-state index contributed by atoms with van der Waals surface area (Å²) in [5, 5.41) is 15.4. The van der Waals surface area contributed by atoms with Crippen molar-refractivity contribution in [1.29, 1.82) is 5.41 Å². The van der Waals surface area contributed by atoms with Crippen LogP contribution >= 0.6 is 0 Å². The van der Waals surface area contributed by atoms with E-state index in [0.717, 1.165) is 6.21 Å². The zero-order valence-electron chi connectivity index (χ0n) is 6.32. The van der Waals surface area contributed by atoms with Crippen LogP contribution in [0.15, 0.2) is 24.3 Å². The minimum absolute atomic E-state index is 0.0426. The van der Waals surface area contributed by atoms with Crippen molar-refractivity contribution in [1.82, 2.24) is 0 Å². The first kappa shape index (κ1) is 9.78. The Morgan fingerprint density at radius 3 is 2.64 bits per heavy atom. The molecule has 2 N–H and O–H groups in total. The van der Waals surface area contributed by atoms with Crippen LogP contribution in [0.1, 0.15) is 6.92 Å². The van der Waals surface area contributed by atoms with Crippen molar-refractivity contribution in [3.63, 3.8) is 0 Å². The number of ketones is 1. The predicted molar refractivity (Wildman–Crippen MR) is 43.8 cm³/mol. The van der Waals surface area contributed by atoms with Crippen LogP contribution in [0, 0.1) is 5.41 Å². The number of hydrogen-bond donors (Lipinski definition) is 2. The van der Waals surface area contributed by atoms with Crippen molar-refractivity contribution < 1.29 is 9.90 Å². The van der Waals surface area contributed by atoms with Gasteiger partial charge in [0.15, 0.2) is 5.78 Å². The van der Waals surface area contributed by atoms with Gasteiger partial charge < -0.3 is 10.5 Å². The highest BCUT2D eigenvalue weighted by Crippen LogP contribution is 1.83. The number of carbonyl (C=O) groups excluding carboxylic acids is 1. The van der Waals surface area contributed by atoms with Crippen LogP contribution in [0.2, 0.25) is 0 Å². The predicted octanol–water partition coefficient (Wildman–Crippen LogP) is 0.698. The summed E-state index contributed by atoms with van der Waals surface area (Å²) in [6, 6.07) is 0. The molecule has 1 unspecified atom stereocenters. The largest absolute Gasteiger partial charge is 0.383 e. The first-order chi connectivity index (χ1) is 5.16. The minimum Gasteiger partial charge on any atom is -0.383 e. The Bertz CT molecular complexity index is 194. The second-order valence-electron chi connectivity index (χ2n) is 2.01. The Hall–Kier alpha value is -1.22. The molecule has 0 aromatic carbocycles. The second kappa shape index (κ2) is 5.56.